The van der Waals surface area contributed by atoms with Crippen molar-refractivity contribution in [3.63, 3.8) is 0 Å². The molecule has 0 saturated carbocycles. The highest BCUT2D eigenvalue weighted by Crippen LogP contribution is 2.31. The molecule has 0 atom stereocenters. The maximum absolute atomic E-state index is 12.0. The van der Waals surface area contributed by atoms with Crippen molar-refractivity contribution in [1.82, 2.24) is 5.32 Å². The van der Waals surface area contributed by atoms with Crippen LogP contribution in [-0.2, 0) is 10.2 Å². The maximum atomic E-state index is 12.0. The quantitative estimate of drug-likeness (QED) is 0.901. The third kappa shape index (κ3) is 4.59. The van der Waals surface area contributed by atoms with Crippen molar-refractivity contribution >= 4 is 6.09 Å². The molecule has 0 unspecified atom stereocenters. The fraction of sp³-hybridized carbons (Fsp3) is 0.350. The van der Waals surface area contributed by atoms with Gasteiger partial charge in [0.1, 0.15) is 5.60 Å². The van der Waals surface area contributed by atoms with Crippen LogP contribution in [0.25, 0.3) is 0 Å². The minimum atomic E-state index is -0.500. The summed E-state index contributed by atoms with van der Waals surface area (Å²) < 4.78 is 5.35. The van der Waals surface area contributed by atoms with Gasteiger partial charge in [-0.05, 0) is 38.8 Å². The average Bonchev–Trinajstić information content (AvgIpc) is 2.53. The van der Waals surface area contributed by atoms with Gasteiger partial charge in [0.2, 0.25) is 0 Å². The Labute approximate surface area is 138 Å². The molecule has 0 fully saturated rings. The van der Waals surface area contributed by atoms with Crippen molar-refractivity contribution in [1.29, 1.82) is 0 Å². The van der Waals surface area contributed by atoms with E-state index in [-0.39, 0.29) is 5.41 Å². The van der Waals surface area contributed by atoms with Crippen LogP contribution < -0.4 is 5.32 Å². The molecule has 0 radical (unpaired) electrons. The fourth-order valence-electron chi connectivity index (χ4n) is 2.55. The van der Waals surface area contributed by atoms with E-state index in [2.05, 4.69) is 36.5 Å². The first-order valence-corrected chi connectivity index (χ1v) is 7.89. The standard InChI is InChI=1S/C20H25NO2/c1-19(2,3)23-18(22)21-15-20(4,16-11-7-5-8-12-16)17-13-9-6-10-14-17/h5-14H,15H2,1-4H3,(H,21,22). The van der Waals surface area contributed by atoms with E-state index in [1.54, 1.807) is 0 Å². The van der Waals surface area contributed by atoms with Gasteiger partial charge in [0.05, 0.1) is 0 Å². The summed E-state index contributed by atoms with van der Waals surface area (Å²) in [5.41, 5.74) is 1.49. The van der Waals surface area contributed by atoms with Gasteiger partial charge >= 0.3 is 6.09 Å². The van der Waals surface area contributed by atoms with Crippen molar-refractivity contribution in [3.8, 4) is 0 Å². The number of benzene rings is 2. The Bertz CT molecular complexity index is 590. The first-order chi connectivity index (χ1) is 10.8. The molecule has 23 heavy (non-hydrogen) atoms. The summed E-state index contributed by atoms with van der Waals surface area (Å²) in [4.78, 5) is 12.0. The second-order valence-corrected chi connectivity index (χ2v) is 6.92. The van der Waals surface area contributed by atoms with Crippen LogP contribution in [0.1, 0.15) is 38.8 Å². The minimum Gasteiger partial charge on any atom is -0.444 e. The summed E-state index contributed by atoms with van der Waals surface area (Å²) in [7, 11) is 0. The van der Waals surface area contributed by atoms with Crippen LogP contribution in [0.4, 0.5) is 4.79 Å². The summed E-state index contributed by atoms with van der Waals surface area (Å²) in [6, 6.07) is 20.4. The Balaban J connectivity index is 2.24. The Morgan fingerprint density at radius 1 is 0.870 bits per heavy atom. The highest BCUT2D eigenvalue weighted by atomic mass is 16.6. The number of rotatable bonds is 4. The van der Waals surface area contributed by atoms with E-state index in [1.807, 2.05) is 57.2 Å². The zero-order valence-corrected chi connectivity index (χ0v) is 14.3. The summed E-state index contributed by atoms with van der Waals surface area (Å²) >= 11 is 0. The molecule has 0 aliphatic heterocycles. The molecule has 2 rings (SSSR count). The second kappa shape index (κ2) is 6.86. The molecular weight excluding hydrogens is 286 g/mol. The van der Waals surface area contributed by atoms with Crippen LogP contribution in [0.5, 0.6) is 0 Å². The zero-order valence-electron chi connectivity index (χ0n) is 14.3. The van der Waals surface area contributed by atoms with Crippen molar-refractivity contribution in [3.05, 3.63) is 71.8 Å². The van der Waals surface area contributed by atoms with Crippen LogP contribution in [0.3, 0.4) is 0 Å². The average molecular weight is 311 g/mol. The highest BCUT2D eigenvalue weighted by molar-refractivity contribution is 5.68. The Morgan fingerprint density at radius 3 is 1.70 bits per heavy atom. The van der Waals surface area contributed by atoms with Gasteiger partial charge < -0.3 is 10.1 Å². The van der Waals surface area contributed by atoms with Crippen LogP contribution in [0.15, 0.2) is 60.7 Å². The van der Waals surface area contributed by atoms with E-state index >= 15 is 0 Å². The molecule has 3 nitrogen and oxygen atoms in total. The smallest absolute Gasteiger partial charge is 0.407 e. The Kier molecular flexibility index (Phi) is 5.09. The number of carbonyl (C=O) groups excluding carboxylic acids is 1. The van der Waals surface area contributed by atoms with E-state index in [9.17, 15) is 4.79 Å². The molecule has 0 bridgehead atoms. The molecule has 0 saturated heterocycles. The molecule has 122 valence electrons. The van der Waals surface area contributed by atoms with Crippen molar-refractivity contribution in [2.75, 3.05) is 6.54 Å². The number of hydrogen-bond donors (Lipinski definition) is 1. The Morgan fingerprint density at radius 2 is 1.30 bits per heavy atom. The lowest BCUT2D eigenvalue weighted by Crippen LogP contribution is -2.41. The predicted octanol–water partition coefficient (Wildman–Crippen LogP) is 4.52. The first-order valence-electron chi connectivity index (χ1n) is 7.89. The number of ether oxygens (including phenoxy) is 1. The fourth-order valence-corrected chi connectivity index (χ4v) is 2.55. The second-order valence-electron chi connectivity index (χ2n) is 6.92. The lowest BCUT2D eigenvalue weighted by molar-refractivity contribution is 0.0519. The molecule has 0 spiro atoms. The molecule has 1 amide bonds. The van der Waals surface area contributed by atoms with Gasteiger partial charge in [0, 0.05) is 12.0 Å². The summed E-state index contributed by atoms with van der Waals surface area (Å²) in [6.07, 6.45) is -0.393. The van der Waals surface area contributed by atoms with E-state index in [1.165, 1.54) is 0 Å². The van der Waals surface area contributed by atoms with Gasteiger partial charge in [-0.1, -0.05) is 60.7 Å². The number of carbonyl (C=O) groups is 1. The molecule has 0 aromatic heterocycles. The summed E-state index contributed by atoms with van der Waals surface area (Å²) in [5, 5.41) is 2.92. The molecule has 0 aliphatic carbocycles. The van der Waals surface area contributed by atoms with Gasteiger partial charge in [-0.25, -0.2) is 4.79 Å². The first kappa shape index (κ1) is 17.1. The van der Waals surface area contributed by atoms with Crippen molar-refractivity contribution < 1.29 is 9.53 Å². The number of nitrogens with one attached hydrogen (secondary N) is 1. The largest absolute Gasteiger partial charge is 0.444 e. The van der Waals surface area contributed by atoms with Crippen LogP contribution in [-0.4, -0.2) is 18.2 Å². The van der Waals surface area contributed by atoms with Gasteiger partial charge in [-0.3, -0.25) is 0 Å². The lowest BCUT2D eigenvalue weighted by atomic mass is 9.76. The molecule has 1 N–H and O–H groups in total. The highest BCUT2D eigenvalue weighted by Gasteiger charge is 2.30. The van der Waals surface area contributed by atoms with Crippen molar-refractivity contribution in [2.24, 2.45) is 0 Å². The number of hydrogen-bond acceptors (Lipinski definition) is 2. The van der Waals surface area contributed by atoms with Gasteiger partial charge in [-0.2, -0.15) is 0 Å². The van der Waals surface area contributed by atoms with Crippen LogP contribution in [0.2, 0.25) is 0 Å². The topological polar surface area (TPSA) is 38.3 Å². The maximum Gasteiger partial charge on any atom is 0.407 e. The molecule has 3 heteroatoms. The van der Waals surface area contributed by atoms with E-state index in [0.29, 0.717) is 6.54 Å². The molecule has 2 aromatic carbocycles. The monoisotopic (exact) mass is 311 g/mol. The predicted molar refractivity (Wildman–Crippen MR) is 93.6 cm³/mol. The minimum absolute atomic E-state index is 0.320. The van der Waals surface area contributed by atoms with E-state index in [0.717, 1.165) is 11.1 Å². The van der Waals surface area contributed by atoms with E-state index in [4.69, 9.17) is 4.74 Å². The van der Waals surface area contributed by atoms with E-state index < -0.39 is 11.7 Å². The van der Waals surface area contributed by atoms with Gasteiger partial charge in [0.25, 0.3) is 0 Å². The summed E-state index contributed by atoms with van der Waals surface area (Å²) in [6.45, 7) is 8.19. The summed E-state index contributed by atoms with van der Waals surface area (Å²) in [5.74, 6) is 0. The molecule has 2 aromatic rings. The molecule has 0 aliphatic rings. The number of alkyl carbamates (subject to hydrolysis) is 1. The van der Waals surface area contributed by atoms with Crippen LogP contribution in [0, 0.1) is 0 Å². The molecule has 0 heterocycles. The zero-order chi connectivity index (χ0) is 16.9. The van der Waals surface area contributed by atoms with Gasteiger partial charge in [-0.15, -0.1) is 0 Å². The third-order valence-electron chi connectivity index (χ3n) is 3.81. The van der Waals surface area contributed by atoms with Crippen LogP contribution >= 0.6 is 0 Å². The normalized spacial score (nSPS) is 11.8. The lowest BCUT2D eigenvalue weighted by Gasteiger charge is -2.31. The third-order valence-corrected chi connectivity index (χ3v) is 3.81. The Hall–Kier alpha value is -2.29. The van der Waals surface area contributed by atoms with Crippen molar-refractivity contribution in [2.45, 2.75) is 38.7 Å². The van der Waals surface area contributed by atoms with Gasteiger partial charge in [0.15, 0.2) is 0 Å². The molecular formula is C20H25NO2. The SMILES string of the molecule is CC(C)(C)OC(=O)NCC(C)(c1ccccc1)c1ccccc1. The number of amides is 1.